The number of hydrogen-bond donors (Lipinski definition) is 1. The molecule has 2 aromatic carbocycles. The van der Waals surface area contributed by atoms with Gasteiger partial charge in [0.2, 0.25) is 5.95 Å². The predicted molar refractivity (Wildman–Crippen MR) is 103 cm³/mol. The van der Waals surface area contributed by atoms with Crippen LogP contribution >= 0.6 is 0 Å². The van der Waals surface area contributed by atoms with E-state index in [4.69, 9.17) is 0 Å². The molecule has 1 aliphatic carbocycles. The molecule has 1 N–H and O–H groups in total. The zero-order valence-electron chi connectivity index (χ0n) is 15.6. The van der Waals surface area contributed by atoms with Gasteiger partial charge in [0.25, 0.3) is 0 Å². The third-order valence-corrected chi connectivity index (χ3v) is 5.59. The Morgan fingerprint density at radius 1 is 1.10 bits per heavy atom. The lowest BCUT2D eigenvalue weighted by molar-refractivity contribution is -0.123. The molecule has 0 unspecified atom stereocenters. The molecule has 3 aromatic rings. The first-order chi connectivity index (χ1) is 14.0. The van der Waals surface area contributed by atoms with Crippen LogP contribution in [0, 0.1) is 24.5 Å². The normalized spacial score (nSPS) is 23.1. The van der Waals surface area contributed by atoms with Gasteiger partial charge in [-0.3, -0.25) is 4.79 Å². The number of aromatic nitrogens is 3. The Labute approximate surface area is 166 Å². The molecule has 7 heteroatoms. The van der Waals surface area contributed by atoms with Crippen molar-refractivity contribution in [3.63, 3.8) is 0 Å². The van der Waals surface area contributed by atoms with Crippen LogP contribution in [0.25, 0.3) is 0 Å². The minimum atomic E-state index is -0.688. The molecule has 0 radical (unpaired) electrons. The molecule has 1 aromatic heterocycles. The third kappa shape index (κ3) is 3.03. The number of allylic oxidation sites excluding steroid dienone is 2. The maximum absolute atomic E-state index is 13.9. The molecule has 0 amide bonds. The van der Waals surface area contributed by atoms with Crippen LogP contribution in [0.4, 0.5) is 14.7 Å². The summed E-state index contributed by atoms with van der Waals surface area (Å²) >= 11 is 0. The van der Waals surface area contributed by atoms with Crippen LogP contribution in [0.5, 0.6) is 0 Å². The van der Waals surface area contributed by atoms with Crippen molar-refractivity contribution in [3.8, 4) is 0 Å². The fraction of sp³-hybridized carbons (Fsp3) is 0.227. The van der Waals surface area contributed by atoms with Gasteiger partial charge in [-0.25, -0.2) is 13.5 Å². The highest BCUT2D eigenvalue weighted by atomic mass is 19.1. The van der Waals surface area contributed by atoms with E-state index in [1.807, 2.05) is 31.2 Å². The van der Waals surface area contributed by atoms with E-state index >= 15 is 0 Å². The highest BCUT2D eigenvalue weighted by Gasteiger charge is 2.43. The molecule has 5 nitrogen and oxygen atoms in total. The molecule has 1 aliphatic heterocycles. The fourth-order valence-corrected chi connectivity index (χ4v) is 4.37. The quantitative estimate of drug-likeness (QED) is 0.712. The molecule has 0 fully saturated rings. The van der Waals surface area contributed by atoms with Gasteiger partial charge in [-0.1, -0.05) is 35.9 Å². The van der Waals surface area contributed by atoms with Crippen LogP contribution in [0.3, 0.4) is 0 Å². The van der Waals surface area contributed by atoms with Crippen molar-refractivity contribution in [2.75, 3.05) is 5.32 Å². The Bertz CT molecular complexity index is 1130. The number of halogens is 2. The van der Waals surface area contributed by atoms with E-state index < -0.39 is 23.6 Å². The van der Waals surface area contributed by atoms with E-state index in [1.54, 1.807) is 0 Å². The van der Waals surface area contributed by atoms with Crippen LogP contribution in [0.1, 0.15) is 35.1 Å². The minimum absolute atomic E-state index is 0.00248. The molecule has 0 saturated heterocycles. The number of hydrogen-bond acceptors (Lipinski definition) is 4. The summed E-state index contributed by atoms with van der Waals surface area (Å²) in [4.78, 5) is 17.5. The van der Waals surface area contributed by atoms with Gasteiger partial charge in [-0.05, 0) is 30.2 Å². The van der Waals surface area contributed by atoms with Crippen molar-refractivity contribution in [1.29, 1.82) is 0 Å². The topological polar surface area (TPSA) is 59.8 Å². The van der Waals surface area contributed by atoms with Crippen LogP contribution in [0.2, 0.25) is 0 Å². The number of carbonyl (C=O) groups is 1. The number of carbonyl (C=O) groups excluding carboxylic acids is 1. The van der Waals surface area contributed by atoms with Gasteiger partial charge >= 0.3 is 0 Å². The lowest BCUT2D eigenvalue weighted by atomic mass is 9.75. The monoisotopic (exact) mass is 392 g/mol. The van der Waals surface area contributed by atoms with Gasteiger partial charge in [0.15, 0.2) is 0 Å². The number of nitrogens with one attached hydrogen (secondary N) is 1. The number of aryl methyl sites for hydroxylation is 1. The molecule has 2 aliphatic rings. The molecule has 0 saturated carbocycles. The van der Waals surface area contributed by atoms with Crippen molar-refractivity contribution in [1.82, 2.24) is 14.8 Å². The second kappa shape index (κ2) is 6.62. The molecule has 29 heavy (non-hydrogen) atoms. The summed E-state index contributed by atoms with van der Waals surface area (Å²) in [6.45, 7) is 2.01. The van der Waals surface area contributed by atoms with E-state index in [0.717, 1.165) is 17.2 Å². The molecule has 0 spiro atoms. The van der Waals surface area contributed by atoms with Crippen LogP contribution in [-0.4, -0.2) is 20.5 Å². The summed E-state index contributed by atoms with van der Waals surface area (Å²) in [6.07, 6.45) is 3.71. The maximum Gasteiger partial charge on any atom is 0.226 e. The van der Waals surface area contributed by atoms with Crippen molar-refractivity contribution < 1.29 is 13.6 Å². The van der Waals surface area contributed by atoms with Crippen molar-refractivity contribution in [3.05, 3.63) is 88.9 Å². The molecule has 3 atom stereocenters. The number of ketones is 1. The van der Waals surface area contributed by atoms with Gasteiger partial charge in [-0.15, -0.1) is 0 Å². The zero-order valence-corrected chi connectivity index (χ0v) is 15.6. The summed E-state index contributed by atoms with van der Waals surface area (Å²) in [5.74, 6) is -1.61. The summed E-state index contributed by atoms with van der Waals surface area (Å²) in [5.41, 5.74) is 3.24. The SMILES string of the molecule is Cc1cccc([C@H]2C=C3Nc4ncnn4[C@H](c4cc(F)cc(F)c4)[C@H]3C(=O)C2)c1. The average Bonchev–Trinajstić information content (AvgIpc) is 3.13. The van der Waals surface area contributed by atoms with Gasteiger partial charge in [0.1, 0.15) is 23.7 Å². The summed E-state index contributed by atoms with van der Waals surface area (Å²) < 4.78 is 29.4. The second-order valence-electron chi connectivity index (χ2n) is 7.59. The predicted octanol–water partition coefficient (Wildman–Crippen LogP) is 4.14. The van der Waals surface area contributed by atoms with E-state index in [-0.39, 0.29) is 11.7 Å². The van der Waals surface area contributed by atoms with Crippen molar-refractivity contribution in [2.45, 2.75) is 25.3 Å². The van der Waals surface area contributed by atoms with Crippen LogP contribution < -0.4 is 5.32 Å². The number of nitrogens with zero attached hydrogens (tertiary/aromatic N) is 3. The highest BCUT2D eigenvalue weighted by molar-refractivity contribution is 5.88. The fourth-order valence-electron chi connectivity index (χ4n) is 4.37. The molecular weight excluding hydrogens is 374 g/mol. The number of rotatable bonds is 2. The minimum Gasteiger partial charge on any atom is -0.328 e. The largest absolute Gasteiger partial charge is 0.328 e. The average molecular weight is 392 g/mol. The Balaban J connectivity index is 1.63. The number of fused-ring (bicyclic) bond motifs is 2. The Kier molecular flexibility index (Phi) is 4.04. The van der Waals surface area contributed by atoms with Gasteiger partial charge in [0, 0.05) is 24.1 Å². The zero-order chi connectivity index (χ0) is 20.1. The number of Topliss-reactive ketones (excluding diaryl/α,β-unsaturated/α-hetero) is 1. The summed E-state index contributed by atoms with van der Waals surface area (Å²) in [7, 11) is 0. The third-order valence-electron chi connectivity index (χ3n) is 5.59. The lowest BCUT2D eigenvalue weighted by Gasteiger charge is -2.38. The van der Waals surface area contributed by atoms with Gasteiger partial charge in [0.05, 0.1) is 12.0 Å². The molecule has 2 heterocycles. The van der Waals surface area contributed by atoms with Crippen LogP contribution in [0.15, 0.2) is 60.6 Å². The van der Waals surface area contributed by atoms with Crippen LogP contribution in [-0.2, 0) is 4.79 Å². The molecule has 0 bridgehead atoms. The maximum atomic E-state index is 13.9. The Morgan fingerprint density at radius 2 is 1.90 bits per heavy atom. The highest BCUT2D eigenvalue weighted by Crippen LogP contribution is 2.44. The second-order valence-corrected chi connectivity index (χ2v) is 7.59. The first-order valence-electron chi connectivity index (χ1n) is 9.43. The van der Waals surface area contributed by atoms with E-state index in [0.29, 0.717) is 23.6 Å². The standard InChI is InChI=1S/C22H18F2N4O/c1-12-3-2-4-13(5-12)14-8-18-20(19(29)9-14)21(28-22(27-18)25-11-26-28)15-6-16(23)10-17(24)7-15/h2-8,10-11,14,20-21H,9H2,1H3,(H,25,26,27)/t14-,20+,21+/m0/s1. The number of anilines is 1. The first-order valence-corrected chi connectivity index (χ1v) is 9.43. The smallest absolute Gasteiger partial charge is 0.226 e. The van der Waals surface area contributed by atoms with Crippen molar-refractivity contribution in [2.24, 2.45) is 5.92 Å². The molecule has 146 valence electrons. The van der Waals surface area contributed by atoms with Gasteiger partial charge < -0.3 is 5.32 Å². The van der Waals surface area contributed by atoms with E-state index in [2.05, 4.69) is 21.5 Å². The van der Waals surface area contributed by atoms with E-state index in [9.17, 15) is 13.6 Å². The van der Waals surface area contributed by atoms with Gasteiger partial charge in [-0.2, -0.15) is 10.1 Å². The van der Waals surface area contributed by atoms with E-state index in [1.165, 1.54) is 23.1 Å². The first kappa shape index (κ1) is 17.7. The molecular formula is C22H18F2N4O. The lowest BCUT2D eigenvalue weighted by Crippen LogP contribution is -2.40. The molecule has 5 rings (SSSR count). The van der Waals surface area contributed by atoms with Crippen molar-refractivity contribution >= 4 is 11.7 Å². The summed E-state index contributed by atoms with van der Waals surface area (Å²) in [6, 6.07) is 10.7. The Hall–Kier alpha value is -3.35. The summed E-state index contributed by atoms with van der Waals surface area (Å²) in [5, 5.41) is 7.40. The number of benzene rings is 2. The Morgan fingerprint density at radius 3 is 2.66 bits per heavy atom.